The van der Waals surface area contributed by atoms with Gasteiger partial charge in [0.15, 0.2) is 0 Å². The van der Waals surface area contributed by atoms with Gasteiger partial charge in [-0.25, -0.2) is 0 Å². The molecule has 1 aliphatic heterocycles. The quantitative estimate of drug-likeness (QED) is 0.123. The predicted molar refractivity (Wildman–Crippen MR) is 238 cm³/mol. The third-order valence-corrected chi connectivity index (χ3v) is 14.2. The second-order valence-electron chi connectivity index (χ2n) is 16.4. The Kier molecular flexibility index (Phi) is 9.93. The zero-order valence-electron chi connectivity index (χ0n) is 38.1. The summed E-state index contributed by atoms with van der Waals surface area (Å²) in [5.74, 6) is 6.71. The van der Waals surface area contributed by atoms with E-state index >= 15 is 0 Å². The maximum atomic E-state index is 8.80. The van der Waals surface area contributed by atoms with Crippen LogP contribution in [0.2, 0.25) is 17.3 Å². The SMILES string of the molecule is [2H]C([2H])([2H])c1c[c-]c(-c2cc(C([2H])([2H])C(C)(C)C)[c]([Ge]([CH3])([CH3])[CH3])cn2)cc1.[Ir].[c-]1ccc2c(oc3ccccc32)c1C1=Nc2ccccc2C1c1cccc(-c2ccccc2)c1. The van der Waals surface area contributed by atoms with Gasteiger partial charge in [-0.05, 0) is 40.1 Å². The molecule has 0 amide bonds. The number of aliphatic imine (C=N–C) groups is 1. The fourth-order valence-corrected chi connectivity index (χ4v) is 10.3. The normalized spacial score (nSPS) is 15.5. The maximum Gasteiger partial charge on any atom is 0.120 e. The molecule has 3 nitrogen and oxygen atoms in total. The topological polar surface area (TPSA) is 38.4 Å². The first kappa shape index (κ1) is 34.2. The Hall–Kier alpha value is -4.87. The summed E-state index contributed by atoms with van der Waals surface area (Å²) in [6.45, 7) is 3.55. The Morgan fingerprint density at radius 2 is 1.54 bits per heavy atom. The average molecular weight is 987 g/mol. The number of aryl methyl sites for hydroxylation is 1. The van der Waals surface area contributed by atoms with E-state index in [4.69, 9.17) is 16.3 Å². The van der Waals surface area contributed by atoms with E-state index in [-0.39, 0.29) is 31.6 Å². The van der Waals surface area contributed by atoms with Gasteiger partial charge in [-0.3, -0.25) is 4.99 Å². The van der Waals surface area contributed by atoms with Crippen LogP contribution in [0.15, 0.2) is 155 Å². The van der Waals surface area contributed by atoms with Crippen LogP contribution in [-0.4, -0.2) is 24.0 Å². The second-order valence-corrected chi connectivity index (χ2v) is 27.0. The van der Waals surface area contributed by atoms with Crippen molar-refractivity contribution in [3.63, 3.8) is 0 Å². The fraction of sp³-hybridized carbons (Fsp3) is 0.192. The number of para-hydroxylation sites is 2. The summed E-state index contributed by atoms with van der Waals surface area (Å²) in [6.07, 6.45) is 0.303. The molecule has 0 saturated carbocycles. The Morgan fingerprint density at radius 3 is 2.30 bits per heavy atom. The van der Waals surface area contributed by atoms with Crippen LogP contribution in [0.5, 0.6) is 0 Å². The van der Waals surface area contributed by atoms with E-state index in [0.717, 1.165) is 43.3 Å². The molecule has 57 heavy (non-hydrogen) atoms. The van der Waals surface area contributed by atoms with E-state index < -0.39 is 31.9 Å². The van der Waals surface area contributed by atoms with Crippen LogP contribution in [0.25, 0.3) is 44.3 Å². The number of aromatic nitrogens is 1. The van der Waals surface area contributed by atoms with Crippen molar-refractivity contribution in [2.24, 2.45) is 10.4 Å². The van der Waals surface area contributed by atoms with Crippen LogP contribution in [0.4, 0.5) is 5.69 Å². The monoisotopic (exact) mass is 988 g/mol. The van der Waals surface area contributed by atoms with Crippen molar-refractivity contribution in [3.05, 3.63) is 186 Å². The first-order valence-electron chi connectivity index (χ1n) is 21.6. The second kappa shape index (κ2) is 16.5. The summed E-state index contributed by atoms with van der Waals surface area (Å²) in [6, 6.07) is 53.0. The first-order chi connectivity index (χ1) is 28.9. The number of rotatable bonds is 6. The van der Waals surface area contributed by atoms with E-state index in [1.165, 1.54) is 28.3 Å². The van der Waals surface area contributed by atoms with Crippen LogP contribution in [-0.2, 0) is 26.5 Å². The van der Waals surface area contributed by atoms with Gasteiger partial charge < -0.3 is 4.42 Å². The molecule has 0 aliphatic carbocycles. The Morgan fingerprint density at radius 1 is 0.789 bits per heavy atom. The van der Waals surface area contributed by atoms with E-state index in [1.54, 1.807) is 12.1 Å². The summed E-state index contributed by atoms with van der Waals surface area (Å²) < 4.78 is 47.5. The fourth-order valence-electron chi connectivity index (χ4n) is 7.41. The van der Waals surface area contributed by atoms with E-state index in [9.17, 15) is 0 Å². The summed E-state index contributed by atoms with van der Waals surface area (Å²) in [5.41, 5.74) is 11.1. The summed E-state index contributed by atoms with van der Waals surface area (Å²) >= 11 is -2.36. The van der Waals surface area contributed by atoms with Gasteiger partial charge in [0.2, 0.25) is 0 Å². The zero-order chi connectivity index (χ0) is 43.3. The van der Waals surface area contributed by atoms with Crippen molar-refractivity contribution in [1.82, 2.24) is 4.98 Å². The van der Waals surface area contributed by atoms with Gasteiger partial charge >= 0.3 is 145 Å². The summed E-state index contributed by atoms with van der Waals surface area (Å²) in [7, 11) is 0. The van der Waals surface area contributed by atoms with Crippen molar-refractivity contribution in [2.45, 2.75) is 57.2 Å². The van der Waals surface area contributed by atoms with Gasteiger partial charge in [0.05, 0.1) is 11.3 Å². The molecule has 0 N–H and O–H groups in total. The molecule has 1 aliphatic rings. The van der Waals surface area contributed by atoms with Crippen molar-refractivity contribution >= 4 is 51.0 Å². The third-order valence-electron chi connectivity index (χ3n) is 9.99. The number of hydrogen-bond donors (Lipinski definition) is 0. The van der Waals surface area contributed by atoms with Gasteiger partial charge in [0, 0.05) is 31.4 Å². The van der Waals surface area contributed by atoms with Gasteiger partial charge in [0.25, 0.3) is 0 Å². The molecule has 0 bridgehead atoms. The van der Waals surface area contributed by atoms with Crippen molar-refractivity contribution in [2.75, 3.05) is 0 Å². The Bertz CT molecular complexity index is 2910. The molecule has 5 heteroatoms. The molecule has 6 aromatic carbocycles. The predicted octanol–water partition coefficient (Wildman–Crippen LogP) is 13.3. The number of benzene rings is 6. The van der Waals surface area contributed by atoms with E-state index in [1.807, 2.05) is 57.3 Å². The zero-order valence-corrected chi connectivity index (χ0v) is 37.6. The van der Waals surface area contributed by atoms with Crippen molar-refractivity contribution < 1.29 is 31.4 Å². The molecule has 3 heterocycles. The van der Waals surface area contributed by atoms with Crippen LogP contribution in [0.1, 0.15) is 61.4 Å². The summed E-state index contributed by atoms with van der Waals surface area (Å²) in [5, 5.41) is 2.21. The number of nitrogens with zero attached hydrogens (tertiary/aromatic N) is 2. The molecule has 1 atom stereocenters. The standard InChI is InChI=1S/C32H20NO.C20H28GeN.Ir/c1-2-10-21(11-3-1)22-12-8-13-23(20-22)30-26-15-4-6-18-28(26)33-31(30)27-17-9-16-25-24-14-5-7-19-29(24)34-32(25)27;1-15-8-10-16(11-9-15)19-12-17(13-20(2,3)4)18(14-22-19)21(5,6)7;/h1-16,18-20,30H;8-10,12,14H,13H2,1-7H3;/q2*-1;/i;1D3,13D2;. The molecule has 0 saturated heterocycles. The van der Waals surface area contributed by atoms with Crippen LogP contribution in [0.3, 0.4) is 0 Å². The Balaban J connectivity index is 0.000000189. The van der Waals surface area contributed by atoms with Crippen molar-refractivity contribution in [3.8, 4) is 22.4 Å². The number of fused-ring (bicyclic) bond motifs is 4. The molecule has 287 valence electrons. The van der Waals surface area contributed by atoms with Gasteiger partial charge in [0.1, 0.15) is 5.58 Å². The molecule has 0 fully saturated rings. The van der Waals surface area contributed by atoms with Crippen LogP contribution < -0.4 is 4.40 Å². The van der Waals surface area contributed by atoms with Gasteiger partial charge in [-0.2, -0.15) is 0 Å². The number of pyridine rings is 1. The number of hydrogen-bond acceptors (Lipinski definition) is 3. The molecule has 1 unspecified atom stereocenters. The molecular weight excluding hydrogens is 933 g/mol. The molecule has 0 spiro atoms. The summed E-state index contributed by atoms with van der Waals surface area (Å²) in [4.78, 5) is 9.70. The van der Waals surface area contributed by atoms with E-state index in [2.05, 4.69) is 125 Å². The largest absolute Gasteiger partial charge is 0.501 e. The van der Waals surface area contributed by atoms with Gasteiger partial charge in [-0.15, -0.1) is 18.2 Å². The molecule has 8 aromatic rings. The van der Waals surface area contributed by atoms with E-state index in [0.29, 0.717) is 16.8 Å². The van der Waals surface area contributed by atoms with Crippen LogP contribution in [0, 0.1) is 24.4 Å². The third kappa shape index (κ3) is 8.70. The number of furan rings is 1. The average Bonchev–Trinajstić information content (AvgIpc) is 3.82. The smallest absolute Gasteiger partial charge is 0.120 e. The molecule has 9 rings (SSSR count). The molecular formula is C52H48GeIrN2O-2. The minimum absolute atomic E-state index is 0. The maximum absolute atomic E-state index is 8.80. The van der Waals surface area contributed by atoms with Gasteiger partial charge in [-0.1, -0.05) is 102 Å². The molecule has 2 aromatic heterocycles. The minimum Gasteiger partial charge on any atom is -0.501 e. The van der Waals surface area contributed by atoms with Crippen LogP contribution >= 0.6 is 0 Å². The minimum atomic E-state index is -2.36. The molecule has 1 radical (unpaired) electrons. The first-order valence-corrected chi connectivity index (χ1v) is 26.4. The Labute approximate surface area is 361 Å². The van der Waals surface area contributed by atoms with Crippen molar-refractivity contribution in [1.29, 1.82) is 0 Å².